The molecule has 0 bridgehead atoms. The smallest absolute Gasteiger partial charge is 0.241 e. The third kappa shape index (κ3) is 12.6. The second-order valence-corrected chi connectivity index (χ2v) is 5.36. The fourth-order valence-electron chi connectivity index (χ4n) is 1.92. The summed E-state index contributed by atoms with van der Waals surface area (Å²) in [6.45, 7) is 4.44. The lowest BCUT2D eigenvalue weighted by atomic mass is 10.1. The second kappa shape index (κ2) is 14.0. The first-order chi connectivity index (χ1) is 11.0. The fourth-order valence-corrected chi connectivity index (χ4v) is 1.92. The molecule has 1 unspecified atom stereocenters. The third-order valence-corrected chi connectivity index (χ3v) is 3.51. The van der Waals surface area contributed by atoms with Gasteiger partial charge in [0.1, 0.15) is 0 Å². The molecule has 0 rings (SSSR count). The van der Waals surface area contributed by atoms with Crippen molar-refractivity contribution in [3.63, 3.8) is 0 Å². The SMILES string of the molecule is COC(CN/C(C)=C(\C)CCCC=C/C=C\C=CN)CC(F)F. The zero-order valence-corrected chi connectivity index (χ0v) is 14.4. The molecule has 5 heteroatoms. The predicted octanol–water partition coefficient (Wildman–Crippen LogP) is 4.30. The number of nitrogens with two attached hydrogens (primary N) is 1. The van der Waals surface area contributed by atoms with E-state index in [2.05, 4.69) is 18.3 Å². The molecular formula is C18H30F2N2O. The summed E-state index contributed by atoms with van der Waals surface area (Å²) in [4.78, 5) is 0. The standard InChI is InChI=1S/C18H30F2N2O/c1-15(11-9-7-5-4-6-8-10-12-21)16(2)22-14-17(23-3)13-18(19)20/h4-6,8,10,12,17-18,22H,7,9,11,13-14,21H2,1-3H3/b5-4?,8-6-,12-10?,16-15+. The number of allylic oxidation sites excluding steroid dienone is 7. The highest BCUT2D eigenvalue weighted by atomic mass is 19.3. The molecule has 3 nitrogen and oxygen atoms in total. The molecule has 0 saturated heterocycles. The summed E-state index contributed by atoms with van der Waals surface area (Å²) in [6.07, 6.45) is 11.2. The van der Waals surface area contributed by atoms with E-state index in [9.17, 15) is 8.78 Å². The van der Waals surface area contributed by atoms with E-state index in [-0.39, 0.29) is 6.42 Å². The average molecular weight is 328 g/mol. The molecule has 0 spiro atoms. The van der Waals surface area contributed by atoms with E-state index in [1.54, 1.807) is 6.08 Å². The van der Waals surface area contributed by atoms with Crippen LogP contribution in [0.25, 0.3) is 0 Å². The van der Waals surface area contributed by atoms with Crippen LogP contribution in [0, 0.1) is 0 Å². The molecule has 0 amide bonds. The number of unbranched alkanes of at least 4 members (excludes halogenated alkanes) is 1. The van der Waals surface area contributed by atoms with Crippen LogP contribution in [0.5, 0.6) is 0 Å². The number of ether oxygens (including phenoxy) is 1. The van der Waals surface area contributed by atoms with Gasteiger partial charge in [0.05, 0.1) is 6.10 Å². The molecule has 0 heterocycles. The van der Waals surface area contributed by atoms with E-state index in [1.807, 2.05) is 25.2 Å². The van der Waals surface area contributed by atoms with Crippen LogP contribution in [0.15, 0.2) is 47.9 Å². The van der Waals surface area contributed by atoms with Crippen LogP contribution >= 0.6 is 0 Å². The Morgan fingerprint density at radius 1 is 1.17 bits per heavy atom. The molecule has 0 aliphatic rings. The molecule has 0 aromatic carbocycles. The van der Waals surface area contributed by atoms with Gasteiger partial charge < -0.3 is 15.8 Å². The summed E-state index contributed by atoms with van der Waals surface area (Å²) >= 11 is 0. The number of hydrogen-bond donors (Lipinski definition) is 2. The molecule has 0 aromatic rings. The molecule has 0 aromatic heterocycles. The van der Waals surface area contributed by atoms with E-state index in [1.165, 1.54) is 18.9 Å². The molecule has 3 N–H and O–H groups in total. The van der Waals surface area contributed by atoms with Gasteiger partial charge in [-0.2, -0.15) is 0 Å². The van der Waals surface area contributed by atoms with Crippen molar-refractivity contribution in [1.29, 1.82) is 0 Å². The lowest BCUT2D eigenvalue weighted by Crippen LogP contribution is -2.29. The van der Waals surface area contributed by atoms with Crippen molar-refractivity contribution in [2.75, 3.05) is 13.7 Å². The number of hydrogen-bond acceptors (Lipinski definition) is 3. The molecule has 0 fully saturated rings. The van der Waals surface area contributed by atoms with Crippen LogP contribution in [-0.2, 0) is 4.74 Å². The van der Waals surface area contributed by atoms with Crippen molar-refractivity contribution in [2.45, 2.75) is 52.1 Å². The number of rotatable bonds is 12. The van der Waals surface area contributed by atoms with E-state index < -0.39 is 12.5 Å². The van der Waals surface area contributed by atoms with Gasteiger partial charge in [-0.3, -0.25) is 0 Å². The van der Waals surface area contributed by atoms with E-state index >= 15 is 0 Å². The van der Waals surface area contributed by atoms with E-state index in [0.717, 1.165) is 25.0 Å². The summed E-state index contributed by atoms with van der Waals surface area (Å²) in [6, 6.07) is 0. The highest BCUT2D eigenvalue weighted by Gasteiger charge is 2.14. The van der Waals surface area contributed by atoms with Gasteiger partial charge in [-0.05, 0) is 45.4 Å². The minimum Gasteiger partial charge on any atom is -0.405 e. The van der Waals surface area contributed by atoms with Crippen molar-refractivity contribution in [2.24, 2.45) is 5.73 Å². The third-order valence-electron chi connectivity index (χ3n) is 3.51. The van der Waals surface area contributed by atoms with Crippen LogP contribution < -0.4 is 11.1 Å². The minimum absolute atomic E-state index is 0.243. The maximum absolute atomic E-state index is 12.4. The molecule has 0 radical (unpaired) electrons. The van der Waals surface area contributed by atoms with Crippen molar-refractivity contribution in [1.82, 2.24) is 5.32 Å². The van der Waals surface area contributed by atoms with Crippen molar-refractivity contribution in [3.05, 3.63) is 47.9 Å². The van der Waals surface area contributed by atoms with Crippen LogP contribution in [0.1, 0.15) is 39.5 Å². The van der Waals surface area contributed by atoms with Gasteiger partial charge in [0, 0.05) is 25.8 Å². The van der Waals surface area contributed by atoms with E-state index in [0.29, 0.717) is 6.54 Å². The van der Waals surface area contributed by atoms with Crippen LogP contribution in [0.4, 0.5) is 8.78 Å². The van der Waals surface area contributed by atoms with Crippen LogP contribution in [0.2, 0.25) is 0 Å². The highest BCUT2D eigenvalue weighted by molar-refractivity contribution is 5.11. The Morgan fingerprint density at radius 2 is 1.87 bits per heavy atom. The van der Waals surface area contributed by atoms with Crippen molar-refractivity contribution < 1.29 is 13.5 Å². The quantitative estimate of drug-likeness (QED) is 0.415. The first kappa shape index (κ1) is 21.4. The number of halogens is 2. The predicted molar refractivity (Wildman–Crippen MR) is 93.3 cm³/mol. The Balaban J connectivity index is 4.05. The highest BCUT2D eigenvalue weighted by Crippen LogP contribution is 2.12. The molecule has 23 heavy (non-hydrogen) atoms. The van der Waals surface area contributed by atoms with Crippen LogP contribution in [0.3, 0.4) is 0 Å². The van der Waals surface area contributed by atoms with Gasteiger partial charge >= 0.3 is 0 Å². The second-order valence-electron chi connectivity index (χ2n) is 5.36. The first-order valence-corrected chi connectivity index (χ1v) is 7.92. The van der Waals surface area contributed by atoms with Gasteiger partial charge in [0.25, 0.3) is 0 Å². The van der Waals surface area contributed by atoms with E-state index in [4.69, 9.17) is 10.5 Å². The first-order valence-electron chi connectivity index (χ1n) is 7.92. The molecule has 1 atom stereocenters. The fraction of sp³-hybridized carbons (Fsp3) is 0.556. The Morgan fingerprint density at radius 3 is 2.48 bits per heavy atom. The number of alkyl halides is 2. The minimum atomic E-state index is -2.34. The zero-order valence-electron chi connectivity index (χ0n) is 14.4. The normalized spacial score (nSPS) is 15.0. The van der Waals surface area contributed by atoms with Gasteiger partial charge in [-0.1, -0.05) is 29.9 Å². The van der Waals surface area contributed by atoms with Crippen molar-refractivity contribution in [3.8, 4) is 0 Å². The maximum Gasteiger partial charge on any atom is 0.241 e. The Bertz CT molecular complexity index is 415. The molecule has 132 valence electrons. The summed E-state index contributed by atoms with van der Waals surface area (Å²) in [7, 11) is 1.46. The Hall–Kier alpha value is -1.62. The summed E-state index contributed by atoms with van der Waals surface area (Å²) in [5.41, 5.74) is 7.50. The number of methoxy groups -OCH3 is 1. The monoisotopic (exact) mass is 328 g/mol. The Labute approximate surface area is 139 Å². The molecule has 0 aliphatic carbocycles. The lowest BCUT2D eigenvalue weighted by Gasteiger charge is -2.18. The summed E-state index contributed by atoms with van der Waals surface area (Å²) < 4.78 is 29.8. The number of nitrogens with one attached hydrogen (secondary N) is 1. The lowest BCUT2D eigenvalue weighted by molar-refractivity contribution is 0.0328. The summed E-state index contributed by atoms with van der Waals surface area (Å²) in [5, 5.41) is 3.19. The van der Waals surface area contributed by atoms with Crippen LogP contribution in [-0.4, -0.2) is 26.2 Å². The average Bonchev–Trinajstić information content (AvgIpc) is 2.52. The van der Waals surface area contributed by atoms with Gasteiger partial charge in [-0.25, -0.2) is 8.78 Å². The largest absolute Gasteiger partial charge is 0.405 e. The molecular weight excluding hydrogens is 298 g/mol. The van der Waals surface area contributed by atoms with Crippen molar-refractivity contribution >= 4 is 0 Å². The topological polar surface area (TPSA) is 47.3 Å². The zero-order chi connectivity index (χ0) is 17.5. The van der Waals surface area contributed by atoms with Gasteiger partial charge in [-0.15, -0.1) is 0 Å². The van der Waals surface area contributed by atoms with Gasteiger partial charge in [0.15, 0.2) is 0 Å². The maximum atomic E-state index is 12.4. The summed E-state index contributed by atoms with van der Waals surface area (Å²) in [5.74, 6) is 0. The molecule has 0 aliphatic heterocycles. The Kier molecular flexibility index (Phi) is 13.0. The van der Waals surface area contributed by atoms with Gasteiger partial charge in [0.2, 0.25) is 6.43 Å². The molecule has 0 saturated carbocycles.